The first-order valence-electron chi connectivity index (χ1n) is 33.5. The summed E-state index contributed by atoms with van der Waals surface area (Å²) in [6.45, 7) is 10.2. The van der Waals surface area contributed by atoms with E-state index in [2.05, 4.69) is 0 Å². The monoisotopic (exact) mass is 2080 g/mol. The summed E-state index contributed by atoms with van der Waals surface area (Å²) < 4.78 is 359. The van der Waals surface area contributed by atoms with Crippen LogP contribution in [0, 0.1) is 11.8 Å². The number of alkyl halides is 3. The number of hydrogen-bond donors (Lipinski definition) is 0. The van der Waals surface area contributed by atoms with E-state index in [0.717, 1.165) is 60.8 Å². The zero-order valence-electron chi connectivity index (χ0n) is 77.4. The van der Waals surface area contributed by atoms with Gasteiger partial charge in [0.2, 0.25) is 0 Å². The normalized spacial score (nSPS) is 14.9. The molecule has 0 heterocycles. The van der Waals surface area contributed by atoms with E-state index >= 15 is 0 Å². The smallest absolute Gasteiger partial charge is 0.735 e. The van der Waals surface area contributed by atoms with Crippen molar-refractivity contribution in [2.75, 3.05) is 230 Å². The van der Waals surface area contributed by atoms with E-state index < -0.39 is 128 Å². The standard InChI is InChI=1S/C7H13F2NO3S.C7H14FNO3S.2C6H15NO3S3.2C5H13NO3S2.C5H13NO3S.2C4H11NO3S2.C4H11NO3S.10Li/c1-10(14(11,12)13)5-6-3-2-4-7(6,8)9;1-9(13(10,11)12)5-6-3-2-4-7(6)8;2*1-11-5-3-7(4-6-12-2)13(8,9)10;2*1-3-6(4-5-10-2)11(7,8)9;1-3-4-5-6(2)10(7,8)9;2*1-5(3-4-9-2)10(6,7)8;1-3-4-5(2)9(6,7)8;;;;;;;;;;/h6H,2-5H2,1H3,(H,11,12,13);6-7H,2-5H2,1H3,(H,10,11,12);2*3-6H2,1-2H3,(H,8,9,10);2*3-5H2,1-2H3,(H,7,8,9);3-5H2,1-2H3,(H,7,8,9);2*3-4H2,1-2H3,(H,6,7,8);3-4H2,1-2H3,(H,6,7,8);;;;;;;;;;/q;;;;;;;;;;10*+1/p-10. The van der Waals surface area contributed by atoms with Gasteiger partial charge in [0, 0.05) is 198 Å². The maximum Gasteiger partial charge on any atom is 1.00 e. The predicted molar refractivity (Wildman–Crippen MR) is 447 cm³/mol. The molecule has 700 valence electrons. The summed E-state index contributed by atoms with van der Waals surface area (Å²) in [4.78, 5) is 0. The van der Waals surface area contributed by atoms with Crippen LogP contribution in [0.3, 0.4) is 0 Å². The molecule has 0 aromatic heterocycles. The van der Waals surface area contributed by atoms with E-state index in [4.69, 9.17) is 0 Å². The Morgan fingerprint density at radius 2 is 0.516 bits per heavy atom. The number of rotatable bonds is 45. The Bertz CT molecular complexity index is 3480. The number of unbranched alkanes of at least 4 members (excludes halogenated alkanes) is 1. The molecule has 2 aliphatic rings. The molecule has 0 amide bonds. The van der Waals surface area contributed by atoms with E-state index in [1.54, 1.807) is 13.8 Å². The molecule has 0 spiro atoms. The SMILES string of the molecule is CCCCN(C)S(=O)(=O)[O-].CCCN(C)S(=O)(=O)[O-].CCN(CCSC)S(=O)(=O)[O-].CCN(CCSC)S(=O)(=O)[O-].CN(CC1CCCC1(F)F)S(=O)(=O)[O-].CN(CC1CCCC1F)S(=O)(=O)[O-].CSCCN(C)S(=O)(=O)[O-].CSCCN(C)S(=O)(=O)[O-].CSCCN(CCSC)S(=O)(=O)[O-].CSCCN(CCSC)S(=O)(=O)[O-].[Li+].[Li+].[Li+].[Li+].[Li+].[Li+].[Li+].[Li+].[Li+].[Li+]. The molecule has 40 nitrogen and oxygen atoms in total. The van der Waals surface area contributed by atoms with Crippen LogP contribution in [0.5, 0.6) is 0 Å². The topological polar surface area (TPSA) is 604 Å². The molecule has 2 aliphatic carbocycles. The van der Waals surface area contributed by atoms with Crippen molar-refractivity contribution in [1.29, 1.82) is 0 Å². The van der Waals surface area contributed by atoms with Crippen LogP contribution in [-0.4, -0.2) is 415 Å². The number of thioether (sulfide) groups is 8. The molecular formula is C53H119F3Li10N10O30S18. The third-order valence-corrected chi connectivity index (χ3v) is 28.8. The minimum absolute atomic E-state index is 0. The molecule has 0 aliphatic heterocycles. The molecular weight excluding hydrogens is 1960 g/mol. The van der Waals surface area contributed by atoms with Crippen LogP contribution < -0.4 is 189 Å². The molecule has 0 N–H and O–H groups in total. The average molecular weight is 2080 g/mol. The van der Waals surface area contributed by atoms with Gasteiger partial charge in [-0.25, -0.2) is 140 Å². The van der Waals surface area contributed by atoms with E-state index in [1.165, 1.54) is 129 Å². The van der Waals surface area contributed by atoms with Crippen LogP contribution in [0.4, 0.5) is 13.2 Å². The number of hydrogen-bond acceptors (Lipinski definition) is 38. The van der Waals surface area contributed by atoms with Crippen LogP contribution in [0.15, 0.2) is 0 Å². The Morgan fingerprint density at radius 1 is 0.290 bits per heavy atom. The third kappa shape index (κ3) is 107. The maximum absolute atomic E-state index is 13.0. The molecule has 0 radical (unpaired) electrons. The van der Waals surface area contributed by atoms with E-state index in [0.29, 0.717) is 133 Å². The molecule has 2 saturated carbocycles. The van der Waals surface area contributed by atoms with Gasteiger partial charge in [0.15, 0.2) is 103 Å². The fourth-order valence-electron chi connectivity index (χ4n) is 7.51. The second-order valence-electron chi connectivity index (χ2n) is 23.1. The summed E-state index contributed by atoms with van der Waals surface area (Å²) in [7, 11) is -35.4. The first-order chi connectivity index (χ1) is 51.6. The first-order valence-corrected chi connectivity index (χ1v) is 58.3. The Balaban J connectivity index is -0.0000000625. The fourth-order valence-corrected chi connectivity index (χ4v) is 16.4. The van der Waals surface area contributed by atoms with E-state index in [9.17, 15) is 143 Å². The zero-order valence-corrected chi connectivity index (χ0v) is 92.1. The summed E-state index contributed by atoms with van der Waals surface area (Å²) in [5.41, 5.74) is 0. The van der Waals surface area contributed by atoms with Crippen LogP contribution >= 0.6 is 94.1 Å². The van der Waals surface area contributed by atoms with Gasteiger partial charge in [0.1, 0.15) is 6.17 Å². The predicted octanol–water partition coefficient (Wildman–Crippen LogP) is -28.0. The van der Waals surface area contributed by atoms with Crippen LogP contribution in [0.1, 0.15) is 85.5 Å². The van der Waals surface area contributed by atoms with Gasteiger partial charge in [-0.1, -0.05) is 40.5 Å². The molecule has 0 aromatic rings. The molecule has 3 unspecified atom stereocenters. The summed E-state index contributed by atoms with van der Waals surface area (Å²) in [6, 6.07) is 0. The van der Waals surface area contributed by atoms with Gasteiger partial charge in [0.05, 0.1) is 0 Å². The Morgan fingerprint density at radius 3 is 0.694 bits per heavy atom. The number of halogens is 3. The molecule has 0 saturated heterocycles. The minimum atomic E-state index is -4.59. The summed E-state index contributed by atoms with van der Waals surface area (Å²) >= 11 is 12.1. The van der Waals surface area contributed by atoms with Gasteiger partial charge >= 0.3 is 189 Å². The second kappa shape index (κ2) is 95.1. The van der Waals surface area contributed by atoms with Gasteiger partial charge in [-0.05, 0) is 88.6 Å². The number of nitrogens with zero attached hydrogens (tertiary/aromatic N) is 10. The summed E-state index contributed by atoms with van der Waals surface area (Å²) in [5.74, 6) is 1.13. The average Bonchev–Trinajstić information content (AvgIpc) is 1.69. The van der Waals surface area contributed by atoms with E-state index in [1.807, 2.05) is 63.9 Å². The van der Waals surface area contributed by atoms with Crippen molar-refractivity contribution in [2.45, 2.75) is 97.6 Å². The Kier molecular flexibility index (Phi) is 133. The van der Waals surface area contributed by atoms with Gasteiger partial charge in [-0.3, -0.25) is 0 Å². The van der Waals surface area contributed by atoms with Crippen molar-refractivity contribution in [1.82, 2.24) is 43.1 Å². The summed E-state index contributed by atoms with van der Waals surface area (Å²) in [6.07, 6.45) is 18.6. The molecule has 71 heteroatoms. The van der Waals surface area contributed by atoms with Gasteiger partial charge in [0.25, 0.3) is 5.92 Å². The van der Waals surface area contributed by atoms with Crippen LogP contribution in [-0.2, 0) is 103 Å². The zero-order chi connectivity index (χ0) is 91.6. The summed E-state index contributed by atoms with van der Waals surface area (Å²) in [5, 5.41) is 0. The van der Waals surface area contributed by atoms with Crippen molar-refractivity contribution in [2.24, 2.45) is 11.8 Å². The van der Waals surface area contributed by atoms with Crippen molar-refractivity contribution >= 4 is 197 Å². The van der Waals surface area contributed by atoms with Gasteiger partial charge < -0.3 is 45.5 Å². The molecule has 2 fully saturated rings. The van der Waals surface area contributed by atoms with E-state index in [-0.39, 0.29) is 240 Å². The molecule has 2 rings (SSSR count). The maximum atomic E-state index is 13.0. The van der Waals surface area contributed by atoms with Gasteiger partial charge in [-0.15, -0.1) is 0 Å². The van der Waals surface area contributed by atoms with Gasteiger partial charge in [-0.2, -0.15) is 94.1 Å². The third-order valence-electron chi connectivity index (χ3n) is 14.3. The van der Waals surface area contributed by atoms with Crippen molar-refractivity contribution in [3.05, 3.63) is 0 Å². The molecule has 0 bridgehead atoms. The minimum Gasteiger partial charge on any atom is -0.735 e. The molecule has 124 heavy (non-hydrogen) atoms. The van der Waals surface area contributed by atoms with Crippen LogP contribution in [0.25, 0.3) is 0 Å². The van der Waals surface area contributed by atoms with Crippen LogP contribution in [0.2, 0.25) is 0 Å². The Labute approximate surface area is 898 Å². The van der Waals surface area contributed by atoms with Crippen molar-refractivity contribution < 1.29 is 331 Å². The quantitative estimate of drug-likeness (QED) is 0.0403. The molecule has 3 atom stereocenters. The second-order valence-corrected chi connectivity index (χ2v) is 45.3. The van der Waals surface area contributed by atoms with Crippen molar-refractivity contribution in [3.8, 4) is 0 Å². The Hall–Kier alpha value is 7.26. The molecule has 0 aromatic carbocycles. The largest absolute Gasteiger partial charge is 1.00 e. The van der Waals surface area contributed by atoms with Crippen molar-refractivity contribution in [3.63, 3.8) is 0 Å². The fraction of sp³-hybridized carbons (Fsp3) is 1.00. The first kappa shape index (κ1) is 174.